The van der Waals surface area contributed by atoms with E-state index in [0.717, 1.165) is 0 Å². The molecule has 0 bridgehead atoms. The maximum absolute atomic E-state index is 11.6. The summed E-state index contributed by atoms with van der Waals surface area (Å²) in [7, 11) is -3.14. The lowest BCUT2D eigenvalue weighted by Gasteiger charge is -2.12. The summed E-state index contributed by atoms with van der Waals surface area (Å²) >= 11 is 0. The molecule has 8 heteroatoms. The van der Waals surface area contributed by atoms with Gasteiger partial charge in [-0.2, -0.15) is 9.29 Å². The van der Waals surface area contributed by atoms with Gasteiger partial charge in [-0.3, -0.25) is 0 Å². The van der Waals surface area contributed by atoms with Crippen molar-refractivity contribution in [2.45, 2.75) is 32.4 Å². The van der Waals surface area contributed by atoms with Crippen LogP contribution in [0.5, 0.6) is 0 Å². The second-order valence-electron chi connectivity index (χ2n) is 4.74. The van der Waals surface area contributed by atoms with Crippen LogP contribution in [0.4, 0.5) is 0 Å². The van der Waals surface area contributed by atoms with E-state index in [1.54, 1.807) is 13.8 Å². The number of rotatable bonds is 3. The molecular weight excluding hydrogens is 244 g/mol. The van der Waals surface area contributed by atoms with E-state index >= 15 is 0 Å². The van der Waals surface area contributed by atoms with Gasteiger partial charge >= 0.3 is 0 Å². The lowest BCUT2D eigenvalue weighted by atomic mass is 10.1. The molecule has 1 aliphatic rings. The van der Waals surface area contributed by atoms with Crippen molar-refractivity contribution >= 4 is 10.0 Å². The Labute approximate surface area is 100 Å². The number of aromatic nitrogens is 2. The SMILES string of the molecule is CC(C)(N)c1noc(CN2CCCS2(=O)=O)n1. The van der Waals surface area contributed by atoms with Gasteiger partial charge in [0, 0.05) is 6.54 Å². The van der Waals surface area contributed by atoms with Crippen LogP contribution in [-0.4, -0.2) is 35.2 Å². The van der Waals surface area contributed by atoms with Gasteiger partial charge in [0.15, 0.2) is 5.82 Å². The summed E-state index contributed by atoms with van der Waals surface area (Å²) in [5.74, 6) is 0.851. The summed E-state index contributed by atoms with van der Waals surface area (Å²) in [6.07, 6.45) is 0.645. The van der Waals surface area contributed by atoms with Crippen LogP contribution in [0.2, 0.25) is 0 Å². The van der Waals surface area contributed by atoms with E-state index in [4.69, 9.17) is 10.3 Å². The first-order chi connectivity index (χ1) is 7.79. The van der Waals surface area contributed by atoms with Gasteiger partial charge < -0.3 is 10.3 Å². The van der Waals surface area contributed by atoms with E-state index in [1.807, 2.05) is 0 Å². The van der Waals surface area contributed by atoms with E-state index < -0.39 is 15.6 Å². The van der Waals surface area contributed by atoms with Gasteiger partial charge in [0.2, 0.25) is 15.9 Å². The summed E-state index contributed by atoms with van der Waals surface area (Å²) in [4.78, 5) is 4.10. The van der Waals surface area contributed by atoms with Crippen LogP contribution in [0.1, 0.15) is 32.0 Å². The van der Waals surface area contributed by atoms with Gasteiger partial charge in [-0.05, 0) is 20.3 Å². The van der Waals surface area contributed by atoms with E-state index in [-0.39, 0.29) is 18.2 Å². The Morgan fingerprint density at radius 2 is 2.24 bits per heavy atom. The molecule has 0 amide bonds. The molecule has 17 heavy (non-hydrogen) atoms. The largest absolute Gasteiger partial charge is 0.338 e. The Kier molecular flexibility index (Phi) is 2.96. The zero-order chi connectivity index (χ0) is 12.7. The molecule has 0 aromatic carbocycles. The fraction of sp³-hybridized carbons (Fsp3) is 0.778. The quantitative estimate of drug-likeness (QED) is 0.807. The molecule has 2 rings (SSSR count). The topological polar surface area (TPSA) is 102 Å². The maximum atomic E-state index is 11.6. The summed E-state index contributed by atoms with van der Waals surface area (Å²) in [6.45, 7) is 4.15. The first-order valence-corrected chi connectivity index (χ1v) is 7.00. The molecule has 0 spiro atoms. The number of hydrogen-bond donors (Lipinski definition) is 1. The van der Waals surface area contributed by atoms with Crippen molar-refractivity contribution in [3.8, 4) is 0 Å². The molecule has 96 valence electrons. The van der Waals surface area contributed by atoms with Crippen LogP contribution in [0.15, 0.2) is 4.52 Å². The number of sulfonamides is 1. The minimum Gasteiger partial charge on any atom is -0.338 e. The first-order valence-electron chi connectivity index (χ1n) is 5.39. The van der Waals surface area contributed by atoms with Gasteiger partial charge in [-0.25, -0.2) is 8.42 Å². The minimum absolute atomic E-state index is 0.130. The molecule has 0 radical (unpaired) electrons. The molecule has 7 nitrogen and oxygen atoms in total. The Hall–Kier alpha value is -0.990. The maximum Gasteiger partial charge on any atom is 0.242 e. The summed E-state index contributed by atoms with van der Waals surface area (Å²) in [5.41, 5.74) is 5.13. The zero-order valence-corrected chi connectivity index (χ0v) is 10.7. The van der Waals surface area contributed by atoms with Crippen molar-refractivity contribution in [2.75, 3.05) is 12.3 Å². The lowest BCUT2D eigenvalue weighted by molar-refractivity contribution is 0.319. The van der Waals surface area contributed by atoms with Crippen molar-refractivity contribution in [1.29, 1.82) is 0 Å². The van der Waals surface area contributed by atoms with Crippen LogP contribution >= 0.6 is 0 Å². The van der Waals surface area contributed by atoms with Crippen molar-refractivity contribution < 1.29 is 12.9 Å². The van der Waals surface area contributed by atoms with E-state index in [9.17, 15) is 8.42 Å². The average molecular weight is 260 g/mol. The van der Waals surface area contributed by atoms with E-state index in [1.165, 1.54) is 4.31 Å². The predicted molar refractivity (Wildman–Crippen MR) is 60.3 cm³/mol. The molecule has 1 aromatic heterocycles. The van der Waals surface area contributed by atoms with Crippen LogP contribution in [0, 0.1) is 0 Å². The Morgan fingerprint density at radius 1 is 1.53 bits per heavy atom. The number of nitrogens with two attached hydrogens (primary N) is 1. The van der Waals surface area contributed by atoms with Crippen LogP contribution in [-0.2, 0) is 22.1 Å². The molecule has 0 saturated carbocycles. The molecule has 1 aliphatic heterocycles. The predicted octanol–water partition coefficient (Wildman–Crippen LogP) is -0.201. The molecule has 0 atom stereocenters. The second kappa shape index (κ2) is 4.04. The highest BCUT2D eigenvalue weighted by Gasteiger charge is 2.30. The molecule has 0 unspecified atom stereocenters. The molecule has 1 saturated heterocycles. The number of hydrogen-bond acceptors (Lipinski definition) is 6. The Balaban J connectivity index is 2.13. The fourth-order valence-corrected chi connectivity index (χ4v) is 3.07. The van der Waals surface area contributed by atoms with Gasteiger partial charge in [-0.1, -0.05) is 5.16 Å². The minimum atomic E-state index is -3.14. The third-order valence-corrected chi connectivity index (χ3v) is 4.46. The van der Waals surface area contributed by atoms with E-state index in [2.05, 4.69) is 10.1 Å². The van der Waals surface area contributed by atoms with Gasteiger partial charge in [0.05, 0.1) is 17.8 Å². The summed E-state index contributed by atoms with van der Waals surface area (Å²) in [5, 5.41) is 3.74. The summed E-state index contributed by atoms with van der Waals surface area (Å²) < 4.78 is 29.5. The molecule has 2 N–H and O–H groups in total. The van der Waals surface area contributed by atoms with Gasteiger partial charge in [0.1, 0.15) is 0 Å². The molecule has 0 aliphatic carbocycles. The van der Waals surface area contributed by atoms with Crippen molar-refractivity contribution in [3.63, 3.8) is 0 Å². The highest BCUT2D eigenvalue weighted by atomic mass is 32.2. The monoisotopic (exact) mass is 260 g/mol. The van der Waals surface area contributed by atoms with Gasteiger partial charge in [-0.15, -0.1) is 0 Å². The molecular formula is C9H16N4O3S. The second-order valence-corrected chi connectivity index (χ2v) is 6.83. The van der Waals surface area contributed by atoms with Crippen molar-refractivity contribution in [1.82, 2.24) is 14.4 Å². The normalized spacial score (nSPS) is 20.9. The lowest BCUT2D eigenvalue weighted by Crippen LogP contribution is -2.30. The van der Waals surface area contributed by atoms with Gasteiger partial charge in [0.25, 0.3) is 0 Å². The highest BCUT2D eigenvalue weighted by molar-refractivity contribution is 7.89. The molecule has 1 fully saturated rings. The van der Waals surface area contributed by atoms with Crippen molar-refractivity contribution in [2.24, 2.45) is 5.73 Å². The Morgan fingerprint density at radius 3 is 2.71 bits per heavy atom. The third kappa shape index (κ3) is 2.64. The highest BCUT2D eigenvalue weighted by Crippen LogP contribution is 2.18. The van der Waals surface area contributed by atoms with E-state index in [0.29, 0.717) is 18.8 Å². The molecule has 2 heterocycles. The smallest absolute Gasteiger partial charge is 0.242 e. The first kappa shape index (κ1) is 12.5. The van der Waals surface area contributed by atoms with Crippen LogP contribution < -0.4 is 5.73 Å². The average Bonchev–Trinajstić information content (AvgIpc) is 2.74. The third-order valence-electron chi connectivity index (χ3n) is 2.56. The zero-order valence-electron chi connectivity index (χ0n) is 9.88. The van der Waals surface area contributed by atoms with Crippen molar-refractivity contribution in [3.05, 3.63) is 11.7 Å². The Bertz CT molecular complexity index is 503. The fourth-order valence-electron chi connectivity index (χ4n) is 1.60. The van der Waals surface area contributed by atoms with Crippen LogP contribution in [0.3, 0.4) is 0 Å². The summed E-state index contributed by atoms with van der Waals surface area (Å²) in [6, 6.07) is 0. The number of nitrogens with zero attached hydrogens (tertiary/aromatic N) is 3. The molecule has 1 aromatic rings. The standard InChI is InChI=1S/C9H16N4O3S/c1-9(2,10)8-11-7(16-12-8)6-13-4-3-5-17(13,14)15/h3-6,10H2,1-2H3. The van der Waals surface area contributed by atoms with Crippen LogP contribution in [0.25, 0.3) is 0 Å².